The van der Waals surface area contributed by atoms with Gasteiger partial charge in [0.2, 0.25) is 0 Å². The maximum absolute atomic E-state index is 10.3. The molecule has 144 valence electrons. The van der Waals surface area contributed by atoms with E-state index in [1.807, 2.05) is 37.3 Å². The van der Waals surface area contributed by atoms with Gasteiger partial charge >= 0.3 is 0 Å². The Morgan fingerprint density at radius 2 is 1.92 bits per heavy atom. The second kappa shape index (κ2) is 10.3. The molecule has 0 aliphatic heterocycles. The third kappa shape index (κ3) is 5.84. The highest BCUT2D eigenvalue weighted by Gasteiger charge is 2.24. The molecule has 0 amide bonds. The molecule has 0 saturated heterocycles. The van der Waals surface area contributed by atoms with Crippen LogP contribution in [0.2, 0.25) is 0 Å². The Hall–Kier alpha value is -1.88. The molecule has 0 bridgehead atoms. The summed E-state index contributed by atoms with van der Waals surface area (Å²) < 4.78 is 0. The summed E-state index contributed by atoms with van der Waals surface area (Å²) >= 11 is 0. The summed E-state index contributed by atoms with van der Waals surface area (Å²) in [4.78, 5) is 4.15. The number of aliphatic hydroxyl groups is 3. The van der Waals surface area contributed by atoms with Crippen LogP contribution in [0.4, 0.5) is 0 Å². The number of nitrogens with one attached hydrogen (secondary N) is 3. The zero-order valence-electron chi connectivity index (χ0n) is 14.8. The molecule has 9 nitrogen and oxygen atoms in total. The maximum atomic E-state index is 10.3. The highest BCUT2D eigenvalue weighted by molar-refractivity contribution is 5.24. The van der Waals surface area contributed by atoms with Crippen molar-refractivity contribution in [2.24, 2.45) is 5.73 Å². The summed E-state index contributed by atoms with van der Waals surface area (Å²) in [6, 6.07) is 8.56. The van der Waals surface area contributed by atoms with Crippen LogP contribution in [0.3, 0.4) is 0 Å². The van der Waals surface area contributed by atoms with E-state index in [1.165, 1.54) is 6.33 Å². The first kappa shape index (κ1) is 20.4. The van der Waals surface area contributed by atoms with E-state index in [4.69, 9.17) is 5.73 Å². The molecule has 5 atom stereocenters. The van der Waals surface area contributed by atoms with Crippen LogP contribution in [0, 0.1) is 0 Å². The van der Waals surface area contributed by atoms with Gasteiger partial charge in [-0.05, 0) is 12.0 Å². The van der Waals surface area contributed by atoms with Gasteiger partial charge in [-0.3, -0.25) is 15.7 Å². The van der Waals surface area contributed by atoms with E-state index in [0.717, 1.165) is 12.0 Å². The van der Waals surface area contributed by atoms with Gasteiger partial charge in [0, 0.05) is 12.6 Å². The van der Waals surface area contributed by atoms with E-state index in [0.29, 0.717) is 12.2 Å². The fraction of sp³-hybridized carbons (Fsp3) is 0.529. The maximum Gasteiger partial charge on any atom is 0.146 e. The van der Waals surface area contributed by atoms with E-state index in [1.54, 1.807) is 0 Å². The average molecular weight is 364 g/mol. The summed E-state index contributed by atoms with van der Waals surface area (Å²) in [5.74, 6) is 0.556. The van der Waals surface area contributed by atoms with Gasteiger partial charge in [0.05, 0.1) is 6.04 Å². The summed E-state index contributed by atoms with van der Waals surface area (Å²) in [6.07, 6.45) is -0.537. The lowest BCUT2D eigenvalue weighted by Crippen LogP contribution is -2.52. The number of hydrogen-bond acceptors (Lipinski definition) is 8. The van der Waals surface area contributed by atoms with Gasteiger partial charge < -0.3 is 21.1 Å². The summed E-state index contributed by atoms with van der Waals surface area (Å²) in [6.45, 7) is 1.96. The lowest BCUT2D eigenvalue weighted by molar-refractivity contribution is -0.0249. The summed E-state index contributed by atoms with van der Waals surface area (Å²) in [5.41, 5.74) is 6.71. The third-order valence-electron chi connectivity index (χ3n) is 4.10. The molecule has 0 aliphatic rings. The number of nitrogens with two attached hydrogens (primary N) is 1. The van der Waals surface area contributed by atoms with Crippen molar-refractivity contribution in [3.8, 4) is 0 Å². The van der Waals surface area contributed by atoms with Crippen molar-refractivity contribution in [2.45, 2.75) is 50.4 Å². The van der Waals surface area contributed by atoms with Crippen molar-refractivity contribution in [1.29, 1.82) is 0 Å². The first-order valence-corrected chi connectivity index (χ1v) is 8.72. The molecule has 2 aromatic rings. The zero-order chi connectivity index (χ0) is 18.9. The number of aliphatic hydroxyl groups excluding tert-OH is 3. The Bertz CT molecular complexity index is 612. The highest BCUT2D eigenvalue weighted by atomic mass is 16.3. The molecule has 5 unspecified atom stereocenters. The molecule has 8 N–H and O–H groups in total. The minimum Gasteiger partial charge on any atom is -0.387 e. The molecule has 26 heavy (non-hydrogen) atoms. The van der Waals surface area contributed by atoms with Gasteiger partial charge in [0.25, 0.3) is 0 Å². The van der Waals surface area contributed by atoms with Gasteiger partial charge in [-0.2, -0.15) is 5.10 Å². The SMILES string of the molecule is CCCC(N)C(O)C(O)NCC(O)NC(c1ccccc1)c1ncn[nH]1. The number of nitrogens with zero attached hydrogens (tertiary/aromatic N) is 2. The standard InChI is InChI=1S/C17H28N6O3/c1-2-6-12(18)15(25)17(26)19-9-13(24)22-14(16-20-10-21-23-16)11-7-4-3-5-8-11/h3-5,7-8,10,12-15,17,19,22,24-26H,2,6,9,18H2,1H3,(H,20,21,23). The van der Waals surface area contributed by atoms with E-state index in [-0.39, 0.29) is 6.54 Å². The normalized spacial score (nSPS) is 17.4. The number of hydrogen-bond donors (Lipinski definition) is 7. The van der Waals surface area contributed by atoms with Gasteiger partial charge in [0.1, 0.15) is 30.7 Å². The van der Waals surface area contributed by atoms with Crippen molar-refractivity contribution in [3.63, 3.8) is 0 Å². The van der Waals surface area contributed by atoms with E-state index in [9.17, 15) is 15.3 Å². The Morgan fingerprint density at radius 1 is 1.19 bits per heavy atom. The van der Waals surface area contributed by atoms with Gasteiger partial charge in [0.15, 0.2) is 0 Å². The molecule has 0 radical (unpaired) electrons. The molecule has 0 fully saturated rings. The predicted octanol–water partition coefficient (Wildman–Crippen LogP) is -0.802. The van der Waals surface area contributed by atoms with Crippen LogP contribution in [-0.2, 0) is 0 Å². The van der Waals surface area contributed by atoms with Gasteiger partial charge in [-0.15, -0.1) is 0 Å². The highest BCUT2D eigenvalue weighted by Crippen LogP contribution is 2.18. The number of aromatic amines is 1. The van der Waals surface area contributed by atoms with Crippen molar-refractivity contribution in [3.05, 3.63) is 48.0 Å². The van der Waals surface area contributed by atoms with Crippen LogP contribution < -0.4 is 16.4 Å². The molecular weight excluding hydrogens is 336 g/mol. The third-order valence-corrected chi connectivity index (χ3v) is 4.10. The van der Waals surface area contributed by atoms with Crippen LogP contribution >= 0.6 is 0 Å². The van der Waals surface area contributed by atoms with Crippen LogP contribution in [0.25, 0.3) is 0 Å². The number of rotatable bonds is 11. The van der Waals surface area contributed by atoms with Gasteiger partial charge in [-0.1, -0.05) is 43.7 Å². The van der Waals surface area contributed by atoms with Crippen LogP contribution in [-0.4, -0.2) is 61.6 Å². The number of aromatic nitrogens is 3. The Balaban J connectivity index is 1.92. The second-order valence-corrected chi connectivity index (χ2v) is 6.19. The van der Waals surface area contributed by atoms with E-state index < -0.39 is 30.6 Å². The van der Waals surface area contributed by atoms with Crippen LogP contribution in [0.1, 0.15) is 37.2 Å². The zero-order valence-corrected chi connectivity index (χ0v) is 14.8. The number of benzene rings is 1. The average Bonchev–Trinajstić information content (AvgIpc) is 3.18. The largest absolute Gasteiger partial charge is 0.387 e. The second-order valence-electron chi connectivity index (χ2n) is 6.19. The topological polar surface area (TPSA) is 152 Å². The quantitative estimate of drug-likeness (QED) is 0.256. The Labute approximate surface area is 152 Å². The van der Waals surface area contributed by atoms with E-state index >= 15 is 0 Å². The van der Waals surface area contributed by atoms with Crippen LogP contribution in [0.15, 0.2) is 36.7 Å². The monoisotopic (exact) mass is 364 g/mol. The molecule has 1 aromatic carbocycles. The molecule has 0 aliphatic carbocycles. The van der Waals surface area contributed by atoms with Crippen molar-refractivity contribution < 1.29 is 15.3 Å². The first-order chi connectivity index (χ1) is 12.5. The van der Waals surface area contributed by atoms with Crippen molar-refractivity contribution in [1.82, 2.24) is 25.8 Å². The molecule has 0 saturated carbocycles. The molecule has 9 heteroatoms. The summed E-state index contributed by atoms with van der Waals surface area (Å²) in [7, 11) is 0. The lowest BCUT2D eigenvalue weighted by atomic mass is 10.1. The Kier molecular flexibility index (Phi) is 8.10. The number of H-pyrrole nitrogens is 1. The molecule has 1 aromatic heterocycles. The molecule has 1 heterocycles. The fourth-order valence-corrected chi connectivity index (χ4v) is 2.68. The van der Waals surface area contributed by atoms with E-state index in [2.05, 4.69) is 25.8 Å². The van der Waals surface area contributed by atoms with Crippen molar-refractivity contribution >= 4 is 0 Å². The smallest absolute Gasteiger partial charge is 0.146 e. The van der Waals surface area contributed by atoms with Crippen molar-refractivity contribution in [2.75, 3.05) is 6.54 Å². The first-order valence-electron chi connectivity index (χ1n) is 8.72. The fourth-order valence-electron chi connectivity index (χ4n) is 2.68. The minimum absolute atomic E-state index is 0.00847. The predicted molar refractivity (Wildman–Crippen MR) is 96.7 cm³/mol. The lowest BCUT2D eigenvalue weighted by Gasteiger charge is -2.26. The molecular formula is C17H28N6O3. The molecule has 0 spiro atoms. The Morgan fingerprint density at radius 3 is 2.54 bits per heavy atom. The summed E-state index contributed by atoms with van der Waals surface area (Å²) in [5, 5.41) is 42.6. The molecule has 2 rings (SSSR count). The minimum atomic E-state index is -1.23. The van der Waals surface area contributed by atoms with Gasteiger partial charge in [-0.25, -0.2) is 4.98 Å². The van der Waals surface area contributed by atoms with Crippen LogP contribution in [0.5, 0.6) is 0 Å².